The normalized spacial score (nSPS) is 10.5. The van der Waals surface area contributed by atoms with E-state index in [9.17, 15) is 10.1 Å². The summed E-state index contributed by atoms with van der Waals surface area (Å²) in [6, 6.07) is 14.2. The van der Waals surface area contributed by atoms with Gasteiger partial charge < -0.3 is 10.1 Å². The molecule has 0 aliphatic rings. The van der Waals surface area contributed by atoms with E-state index in [0.717, 1.165) is 11.1 Å². The van der Waals surface area contributed by atoms with Crippen LogP contribution in [0, 0.1) is 29.6 Å². The molecule has 1 amide bonds. The minimum absolute atomic E-state index is 0.0491. The highest BCUT2D eigenvalue weighted by molar-refractivity contribution is 6.31. The van der Waals surface area contributed by atoms with Gasteiger partial charge in [0, 0.05) is 10.7 Å². The summed E-state index contributed by atoms with van der Waals surface area (Å²) < 4.78 is 5.39. The van der Waals surface area contributed by atoms with Crippen LogP contribution in [0.15, 0.2) is 54.6 Å². The summed E-state index contributed by atoms with van der Waals surface area (Å²) in [6.07, 6.45) is 3.73. The van der Waals surface area contributed by atoms with E-state index in [1.807, 2.05) is 19.1 Å². The monoisotopic (exact) mass is 391 g/mol. The van der Waals surface area contributed by atoms with Gasteiger partial charge in [-0.15, -0.1) is 6.58 Å². The number of carbonyl (C=O) groups is 1. The van der Waals surface area contributed by atoms with Gasteiger partial charge in [-0.1, -0.05) is 29.8 Å². The van der Waals surface area contributed by atoms with Gasteiger partial charge in [0.15, 0.2) is 6.61 Å². The summed E-state index contributed by atoms with van der Waals surface area (Å²) in [7, 11) is 0. The van der Waals surface area contributed by atoms with E-state index in [0.29, 0.717) is 28.4 Å². The van der Waals surface area contributed by atoms with E-state index >= 15 is 0 Å². The lowest BCUT2D eigenvalue weighted by molar-refractivity contribution is -0.112. The average molecular weight is 392 g/mol. The van der Waals surface area contributed by atoms with Gasteiger partial charge in [-0.25, -0.2) is 0 Å². The summed E-state index contributed by atoms with van der Waals surface area (Å²) in [5.41, 5.74) is 2.82. The zero-order valence-corrected chi connectivity index (χ0v) is 16.1. The van der Waals surface area contributed by atoms with Gasteiger partial charge in [0.2, 0.25) is 0 Å². The van der Waals surface area contributed by atoms with Crippen molar-refractivity contribution in [2.75, 3.05) is 11.9 Å². The fourth-order valence-electron chi connectivity index (χ4n) is 2.44. The molecule has 0 spiro atoms. The number of anilines is 1. The lowest BCUT2D eigenvalue weighted by atomic mass is 10.0. The molecular weight excluding hydrogens is 374 g/mol. The fraction of sp³-hybridized carbons (Fsp3) is 0.136. The third-order valence-corrected chi connectivity index (χ3v) is 4.25. The molecule has 0 heterocycles. The Balaban J connectivity index is 2.27. The van der Waals surface area contributed by atoms with Gasteiger partial charge in [0.05, 0.1) is 0 Å². The lowest BCUT2D eigenvalue weighted by Gasteiger charge is -2.09. The number of carbonyl (C=O) groups excluding carboxylic acids is 1. The molecule has 0 saturated carbocycles. The van der Waals surface area contributed by atoms with Crippen molar-refractivity contribution in [1.29, 1.82) is 10.5 Å². The Morgan fingerprint density at radius 1 is 1.29 bits per heavy atom. The number of allylic oxidation sites excluding steroid dienone is 1. The second-order valence-corrected chi connectivity index (χ2v) is 6.30. The maximum Gasteiger partial charge on any atom is 0.266 e. The zero-order chi connectivity index (χ0) is 20.5. The Labute approximate surface area is 169 Å². The van der Waals surface area contributed by atoms with Gasteiger partial charge in [0.1, 0.15) is 23.5 Å². The van der Waals surface area contributed by atoms with E-state index in [1.165, 1.54) is 6.08 Å². The summed E-state index contributed by atoms with van der Waals surface area (Å²) in [4.78, 5) is 12.4. The Morgan fingerprint density at radius 3 is 2.71 bits per heavy atom. The molecule has 0 fully saturated rings. The van der Waals surface area contributed by atoms with Crippen LogP contribution in [0.25, 0.3) is 6.08 Å². The molecule has 0 radical (unpaired) electrons. The second kappa shape index (κ2) is 9.97. The van der Waals surface area contributed by atoms with Gasteiger partial charge in [-0.3, -0.25) is 4.79 Å². The van der Waals surface area contributed by atoms with Crippen molar-refractivity contribution in [1.82, 2.24) is 0 Å². The van der Waals surface area contributed by atoms with Crippen LogP contribution in [-0.4, -0.2) is 12.5 Å². The Bertz CT molecular complexity index is 1010. The third kappa shape index (κ3) is 5.48. The van der Waals surface area contributed by atoms with Crippen LogP contribution in [0.3, 0.4) is 0 Å². The largest absolute Gasteiger partial charge is 0.478 e. The maximum absolute atomic E-state index is 12.4. The topological polar surface area (TPSA) is 85.9 Å². The standard InChI is InChI=1S/C22H18ClN3O2/c1-3-4-17-11-16(6-8-21(17)28-10-9-24)12-18(14-25)22(27)26-19-7-5-15(2)20(23)13-19/h3,5-8,11-13H,1,4,10H2,2H3,(H,26,27)/b18-12-. The number of nitrogens with one attached hydrogen (secondary N) is 1. The zero-order valence-electron chi connectivity index (χ0n) is 15.3. The molecule has 0 bridgehead atoms. The van der Waals surface area contributed by atoms with Crippen molar-refractivity contribution in [3.63, 3.8) is 0 Å². The number of benzene rings is 2. The highest BCUT2D eigenvalue weighted by Crippen LogP contribution is 2.24. The van der Waals surface area contributed by atoms with Crippen LogP contribution in [0.5, 0.6) is 5.75 Å². The van der Waals surface area contributed by atoms with Crippen LogP contribution in [-0.2, 0) is 11.2 Å². The molecule has 6 heteroatoms. The molecule has 0 unspecified atom stereocenters. The SMILES string of the molecule is C=CCc1cc(/C=C(/C#N)C(=O)Nc2ccc(C)c(Cl)c2)ccc1OCC#N. The number of ether oxygens (including phenoxy) is 1. The number of halogens is 1. The van der Waals surface area contributed by atoms with Gasteiger partial charge in [-0.2, -0.15) is 10.5 Å². The highest BCUT2D eigenvalue weighted by atomic mass is 35.5. The molecule has 0 aromatic heterocycles. The molecule has 0 aliphatic heterocycles. The van der Waals surface area contributed by atoms with Crippen molar-refractivity contribution in [2.24, 2.45) is 0 Å². The number of nitrogens with zero attached hydrogens (tertiary/aromatic N) is 2. The predicted octanol–water partition coefficient (Wildman–Crippen LogP) is 4.82. The number of nitriles is 2. The van der Waals surface area contributed by atoms with Crippen LogP contribution in [0.2, 0.25) is 5.02 Å². The smallest absolute Gasteiger partial charge is 0.266 e. The van der Waals surface area contributed by atoms with Crippen LogP contribution >= 0.6 is 11.6 Å². The Morgan fingerprint density at radius 2 is 2.07 bits per heavy atom. The molecule has 2 aromatic carbocycles. The number of hydrogen-bond acceptors (Lipinski definition) is 4. The molecule has 2 aromatic rings. The molecule has 2 rings (SSSR count). The highest BCUT2D eigenvalue weighted by Gasteiger charge is 2.11. The molecule has 0 aliphatic carbocycles. The van der Waals surface area contributed by atoms with Gasteiger partial charge >= 0.3 is 0 Å². The molecule has 1 N–H and O–H groups in total. The fourth-order valence-corrected chi connectivity index (χ4v) is 2.62. The summed E-state index contributed by atoms with van der Waals surface area (Å²) in [5.74, 6) is 0.0355. The van der Waals surface area contributed by atoms with E-state index in [4.69, 9.17) is 21.6 Å². The van der Waals surface area contributed by atoms with E-state index < -0.39 is 5.91 Å². The minimum atomic E-state index is -0.530. The molecule has 0 saturated heterocycles. The summed E-state index contributed by atoms with van der Waals surface area (Å²) in [6.45, 7) is 5.50. The van der Waals surface area contributed by atoms with E-state index in [2.05, 4.69) is 11.9 Å². The van der Waals surface area contributed by atoms with Crippen molar-refractivity contribution >= 4 is 29.3 Å². The average Bonchev–Trinajstić information content (AvgIpc) is 2.68. The molecule has 5 nitrogen and oxygen atoms in total. The third-order valence-electron chi connectivity index (χ3n) is 3.85. The van der Waals surface area contributed by atoms with Crippen LogP contribution in [0.4, 0.5) is 5.69 Å². The lowest BCUT2D eigenvalue weighted by Crippen LogP contribution is -2.13. The molecular formula is C22H18ClN3O2. The molecule has 0 atom stereocenters. The maximum atomic E-state index is 12.4. The molecule has 140 valence electrons. The minimum Gasteiger partial charge on any atom is -0.478 e. The van der Waals surface area contributed by atoms with Crippen molar-refractivity contribution in [3.05, 3.63) is 76.3 Å². The molecule has 28 heavy (non-hydrogen) atoms. The first-order valence-electron chi connectivity index (χ1n) is 8.41. The van der Waals surface area contributed by atoms with E-state index in [1.54, 1.807) is 42.5 Å². The first-order valence-corrected chi connectivity index (χ1v) is 8.79. The van der Waals surface area contributed by atoms with Gasteiger partial charge in [-0.05, 0) is 60.4 Å². The first-order chi connectivity index (χ1) is 13.5. The van der Waals surface area contributed by atoms with Crippen molar-refractivity contribution < 1.29 is 9.53 Å². The van der Waals surface area contributed by atoms with Crippen molar-refractivity contribution in [3.8, 4) is 17.9 Å². The predicted molar refractivity (Wildman–Crippen MR) is 110 cm³/mol. The quantitative estimate of drug-likeness (QED) is 0.416. The first kappa shape index (κ1) is 20.8. The van der Waals surface area contributed by atoms with Crippen LogP contribution in [0.1, 0.15) is 16.7 Å². The number of aryl methyl sites for hydroxylation is 1. The number of amides is 1. The van der Waals surface area contributed by atoms with E-state index in [-0.39, 0.29) is 12.2 Å². The van der Waals surface area contributed by atoms with Gasteiger partial charge in [0.25, 0.3) is 5.91 Å². The summed E-state index contributed by atoms with van der Waals surface area (Å²) in [5, 5.41) is 21.3. The second-order valence-electron chi connectivity index (χ2n) is 5.89. The number of rotatable bonds is 7. The Hall–Kier alpha value is -3.54. The number of hydrogen-bond donors (Lipinski definition) is 1. The Kier molecular flexibility index (Phi) is 7.39. The summed E-state index contributed by atoms with van der Waals surface area (Å²) >= 11 is 6.07. The van der Waals surface area contributed by atoms with Crippen LogP contribution < -0.4 is 10.1 Å². The van der Waals surface area contributed by atoms with Crippen molar-refractivity contribution in [2.45, 2.75) is 13.3 Å².